The third-order valence-corrected chi connectivity index (χ3v) is 13.4. The highest BCUT2D eigenvalue weighted by Crippen LogP contribution is 2.57. The molecular weight excluding hydrogens is 705 g/mol. The third kappa shape index (κ3) is 9.91. The zero-order valence-electron chi connectivity index (χ0n) is 35.7. The molecule has 4 aromatic rings. The van der Waals surface area contributed by atoms with Crippen LogP contribution in [0.1, 0.15) is 179 Å². The summed E-state index contributed by atoms with van der Waals surface area (Å²) in [7, 11) is 0. The predicted molar refractivity (Wildman–Crippen MR) is 232 cm³/mol. The molecule has 4 fully saturated rings. The molecule has 0 spiro atoms. The monoisotopic (exact) mass is 770 g/mol. The van der Waals surface area contributed by atoms with Crippen LogP contribution in [0.5, 0.6) is 11.5 Å². The topological polar surface area (TPSA) is 72.8 Å². The molecular formula is C52H66O5. The Hall–Kier alpha value is -4.22. The molecule has 5 nitrogen and oxygen atoms in total. The van der Waals surface area contributed by atoms with Crippen LogP contribution >= 0.6 is 0 Å². The second-order valence-electron chi connectivity index (χ2n) is 18.0. The average molecular weight is 771 g/mol. The number of rotatable bonds is 11. The van der Waals surface area contributed by atoms with Crippen molar-refractivity contribution in [1.29, 1.82) is 0 Å². The van der Waals surface area contributed by atoms with Gasteiger partial charge in [-0.15, -0.1) is 0 Å². The summed E-state index contributed by atoms with van der Waals surface area (Å²) in [4.78, 5) is 25.0. The number of hydrogen-bond acceptors (Lipinski definition) is 5. The number of ether oxygens (including phenoxy) is 2. The lowest BCUT2D eigenvalue weighted by Crippen LogP contribution is -2.54. The highest BCUT2D eigenvalue weighted by molar-refractivity contribution is 6.28. The second-order valence-corrected chi connectivity index (χ2v) is 18.0. The number of hydrogen-bond donors (Lipinski definition) is 1. The van der Waals surface area contributed by atoms with Gasteiger partial charge in [-0.2, -0.15) is 0 Å². The van der Waals surface area contributed by atoms with Crippen LogP contribution < -0.4 is 4.74 Å². The number of fused-ring (bicyclic) bond motifs is 2. The molecule has 9 rings (SSSR count). The first-order valence-electron chi connectivity index (χ1n) is 21.9. The van der Waals surface area contributed by atoms with Crippen LogP contribution in [-0.4, -0.2) is 28.6 Å². The first-order chi connectivity index (χ1) is 27.3. The molecule has 4 saturated carbocycles. The average Bonchev–Trinajstić information content (AvgIpc) is 3.22. The van der Waals surface area contributed by atoms with Crippen LogP contribution in [0.15, 0.2) is 91.0 Å². The van der Waals surface area contributed by atoms with E-state index in [2.05, 4.69) is 79.7 Å². The van der Waals surface area contributed by atoms with Gasteiger partial charge in [-0.05, 0) is 140 Å². The SMILES string of the molecule is CCC(C)c1ccc(O)cc1.CCC(C)c1ccc(OC(OC23CC4CC(CC(C4)C2)C3)C(C)C)cc1.CCC(C)c1ccc2c(c1)C(=O)c1ccccc1C2=O. The lowest BCUT2D eigenvalue weighted by Gasteiger charge is -2.57. The van der Waals surface area contributed by atoms with Gasteiger partial charge in [0.05, 0.1) is 5.60 Å². The fourth-order valence-electron chi connectivity index (χ4n) is 9.66. The van der Waals surface area contributed by atoms with Crippen LogP contribution in [0.3, 0.4) is 0 Å². The van der Waals surface area contributed by atoms with Crippen LogP contribution in [0.4, 0.5) is 0 Å². The highest BCUT2D eigenvalue weighted by atomic mass is 16.7. The molecule has 4 atom stereocenters. The Morgan fingerprint density at radius 3 is 1.47 bits per heavy atom. The minimum atomic E-state index is -0.138. The minimum Gasteiger partial charge on any atom is -0.508 e. The normalized spacial score (nSPS) is 23.6. The van der Waals surface area contributed by atoms with E-state index in [9.17, 15) is 9.59 Å². The molecule has 0 radical (unpaired) electrons. The molecule has 5 aliphatic carbocycles. The number of benzene rings is 4. The first kappa shape index (κ1) is 42.4. The van der Waals surface area contributed by atoms with E-state index < -0.39 is 0 Å². The Morgan fingerprint density at radius 2 is 1.00 bits per heavy atom. The largest absolute Gasteiger partial charge is 0.508 e. The Bertz CT molecular complexity index is 1920. The maximum absolute atomic E-state index is 12.6. The molecule has 57 heavy (non-hydrogen) atoms. The molecule has 0 amide bonds. The van der Waals surface area contributed by atoms with E-state index in [1.54, 1.807) is 42.5 Å². The lowest BCUT2D eigenvalue weighted by atomic mass is 9.54. The number of phenols is 1. The number of phenolic OH excluding ortho intramolecular Hbond substituents is 1. The smallest absolute Gasteiger partial charge is 0.202 e. The van der Waals surface area contributed by atoms with Crippen molar-refractivity contribution < 1.29 is 24.2 Å². The van der Waals surface area contributed by atoms with Crippen molar-refractivity contribution in [2.75, 3.05) is 0 Å². The van der Waals surface area contributed by atoms with Gasteiger partial charge in [-0.25, -0.2) is 0 Å². The predicted octanol–water partition coefficient (Wildman–Crippen LogP) is 13.4. The zero-order valence-corrected chi connectivity index (χ0v) is 35.7. The van der Waals surface area contributed by atoms with Gasteiger partial charge in [0.2, 0.25) is 6.29 Å². The Kier molecular flexibility index (Phi) is 13.8. The Labute approximate surface area is 342 Å². The maximum Gasteiger partial charge on any atom is 0.202 e. The molecule has 4 aromatic carbocycles. The lowest BCUT2D eigenvalue weighted by molar-refractivity contribution is -0.243. The van der Waals surface area contributed by atoms with Crippen molar-refractivity contribution in [1.82, 2.24) is 0 Å². The van der Waals surface area contributed by atoms with Crippen molar-refractivity contribution in [2.24, 2.45) is 23.7 Å². The fraction of sp³-hybridized carbons (Fsp3) is 0.500. The van der Waals surface area contributed by atoms with Gasteiger partial charge < -0.3 is 14.6 Å². The van der Waals surface area contributed by atoms with Crippen molar-refractivity contribution in [3.63, 3.8) is 0 Å². The molecule has 1 N–H and O–H groups in total. The van der Waals surface area contributed by atoms with E-state index in [4.69, 9.17) is 14.6 Å². The van der Waals surface area contributed by atoms with Gasteiger partial charge in [0, 0.05) is 28.2 Å². The summed E-state index contributed by atoms with van der Waals surface area (Å²) in [6.45, 7) is 17.6. The molecule has 304 valence electrons. The van der Waals surface area contributed by atoms with Gasteiger partial charge in [0.15, 0.2) is 11.6 Å². The molecule has 0 aliphatic heterocycles. The van der Waals surface area contributed by atoms with Crippen molar-refractivity contribution in [3.8, 4) is 11.5 Å². The minimum absolute atomic E-state index is 0.0413. The van der Waals surface area contributed by atoms with Crippen LogP contribution in [0, 0.1) is 23.7 Å². The summed E-state index contributed by atoms with van der Waals surface area (Å²) in [6, 6.07) is 28.8. The number of ketones is 2. The van der Waals surface area contributed by atoms with Crippen LogP contribution in [0.25, 0.3) is 0 Å². The molecule has 0 aromatic heterocycles. The van der Waals surface area contributed by atoms with Gasteiger partial charge >= 0.3 is 0 Å². The fourth-order valence-corrected chi connectivity index (χ4v) is 9.66. The summed E-state index contributed by atoms with van der Waals surface area (Å²) in [5.74, 6) is 5.86. The van der Waals surface area contributed by atoms with Crippen molar-refractivity contribution in [2.45, 2.75) is 143 Å². The maximum atomic E-state index is 12.6. The summed E-state index contributed by atoms with van der Waals surface area (Å²) in [5.41, 5.74) is 6.01. The van der Waals surface area contributed by atoms with E-state index in [0.717, 1.165) is 41.9 Å². The second kappa shape index (κ2) is 18.6. The summed E-state index contributed by atoms with van der Waals surface area (Å²) in [6.07, 6.45) is 11.3. The van der Waals surface area contributed by atoms with E-state index in [-0.39, 0.29) is 23.5 Å². The van der Waals surface area contributed by atoms with Crippen LogP contribution in [0.2, 0.25) is 0 Å². The highest BCUT2D eigenvalue weighted by Gasteiger charge is 2.53. The number of carbonyl (C=O) groups excluding carboxylic acids is 2. The van der Waals surface area contributed by atoms with Gasteiger partial charge in [0.25, 0.3) is 0 Å². The molecule has 4 bridgehead atoms. The van der Waals surface area contributed by atoms with Gasteiger partial charge in [-0.3, -0.25) is 9.59 Å². The molecule has 4 unspecified atom stereocenters. The Morgan fingerprint density at radius 1 is 0.579 bits per heavy atom. The van der Waals surface area contributed by atoms with Gasteiger partial charge in [-0.1, -0.05) is 116 Å². The molecule has 0 heterocycles. The number of aromatic hydroxyl groups is 1. The van der Waals surface area contributed by atoms with E-state index in [0.29, 0.717) is 51.7 Å². The Balaban J connectivity index is 0.000000157. The molecule has 0 saturated heterocycles. The van der Waals surface area contributed by atoms with Crippen LogP contribution in [-0.2, 0) is 4.74 Å². The summed E-state index contributed by atoms with van der Waals surface area (Å²) >= 11 is 0. The van der Waals surface area contributed by atoms with Crippen molar-refractivity contribution >= 4 is 11.6 Å². The summed E-state index contributed by atoms with van der Waals surface area (Å²) in [5, 5.41) is 9.01. The number of carbonyl (C=O) groups is 2. The quantitative estimate of drug-likeness (QED) is 0.135. The zero-order chi connectivity index (χ0) is 40.9. The standard InChI is InChI=1S/C24H36O2.C18H16O2.C10H14O/c1-5-17(4)21-6-8-22(9-7-21)25-23(16(2)3)26-24-13-18-10-19(14-24)12-20(11-18)15-24;1-3-11(2)12-8-9-15-16(10-12)18(20)14-7-5-4-6-13(14)17(15)19;1-3-8(2)9-4-6-10(11)7-5-9/h6-9,16-20,23H,5,10-15H2,1-4H3;4-11H,3H2,1-2H3;4-8,11H,3H2,1-2H3. The van der Waals surface area contributed by atoms with Gasteiger partial charge in [0.1, 0.15) is 11.5 Å². The molecule has 5 aliphatic rings. The molecule has 5 heteroatoms. The first-order valence-corrected chi connectivity index (χ1v) is 21.9. The van der Waals surface area contributed by atoms with E-state index in [1.165, 1.54) is 56.1 Å². The van der Waals surface area contributed by atoms with E-state index >= 15 is 0 Å². The summed E-state index contributed by atoms with van der Waals surface area (Å²) < 4.78 is 13.2. The third-order valence-electron chi connectivity index (χ3n) is 13.4. The van der Waals surface area contributed by atoms with Crippen molar-refractivity contribution in [3.05, 3.63) is 130 Å². The van der Waals surface area contributed by atoms with E-state index in [1.807, 2.05) is 24.3 Å².